The topological polar surface area (TPSA) is 18.3 Å². The number of hydrazine groups is 1. The van der Waals surface area contributed by atoms with E-state index in [-0.39, 0.29) is 0 Å². The first-order valence-corrected chi connectivity index (χ1v) is 3.63. The molecule has 1 aliphatic rings. The van der Waals surface area contributed by atoms with Gasteiger partial charge in [0.2, 0.25) is 0 Å². The molecule has 1 N–H and O–H groups in total. The number of hydrazone groups is 1. The van der Waals surface area contributed by atoms with Crippen molar-refractivity contribution in [1.82, 2.24) is 10.4 Å². The minimum atomic E-state index is 0.573. The van der Waals surface area contributed by atoms with Crippen LogP contribution in [0.3, 0.4) is 0 Å². The minimum absolute atomic E-state index is 0.573. The molecule has 0 amide bonds. The van der Waals surface area contributed by atoms with Crippen LogP contribution in [0.5, 0.6) is 0 Å². The molecule has 4 nitrogen and oxygen atoms in total. The third kappa shape index (κ3) is 1.57. The van der Waals surface area contributed by atoms with Crippen LogP contribution in [-0.2, 0) is 0 Å². The van der Waals surface area contributed by atoms with E-state index in [9.17, 15) is 0 Å². The molecular formula is C7H16N4. The van der Waals surface area contributed by atoms with Crippen molar-refractivity contribution in [2.45, 2.75) is 6.92 Å². The van der Waals surface area contributed by atoms with Crippen LogP contribution < -0.4 is 5.43 Å². The molecule has 0 unspecified atom stereocenters. The predicted molar refractivity (Wildman–Crippen MR) is 43.1 cm³/mol. The average Bonchev–Trinajstić information content (AvgIpc) is 2.05. The molecule has 11 heavy (non-hydrogen) atoms. The van der Waals surface area contributed by atoms with Crippen LogP contribution >= 0.6 is 0 Å². The van der Waals surface area contributed by atoms with Crippen molar-refractivity contribution in [3.63, 3.8) is 0 Å². The van der Waals surface area contributed by atoms with Crippen LogP contribution in [0.1, 0.15) is 6.92 Å². The Kier molecular flexibility index (Phi) is 1.72. The molecule has 0 saturated carbocycles. The second-order valence-electron chi connectivity index (χ2n) is 3.41. The number of hydrogen-bond donors (Lipinski definition) is 1. The SMILES string of the molecule is CC1=[N+](N(C)C)[C-2][N+](C)(C)N1. The second-order valence-corrected chi connectivity index (χ2v) is 3.41. The van der Waals surface area contributed by atoms with Gasteiger partial charge < -0.3 is 9.69 Å². The van der Waals surface area contributed by atoms with E-state index in [0.29, 0.717) is 4.59 Å². The maximum Gasteiger partial charge on any atom is 0.0813 e. The lowest BCUT2D eigenvalue weighted by molar-refractivity contribution is -0.947. The van der Waals surface area contributed by atoms with Crippen LogP contribution in [-0.4, -0.2) is 48.3 Å². The zero-order chi connectivity index (χ0) is 8.65. The lowest BCUT2D eigenvalue weighted by Gasteiger charge is -2.33. The number of hydrogen-bond acceptors (Lipinski definition) is 2. The Morgan fingerprint density at radius 1 is 1.45 bits per heavy atom. The summed E-state index contributed by atoms with van der Waals surface area (Å²) in [6, 6.07) is 0. The van der Waals surface area contributed by atoms with E-state index in [1.165, 1.54) is 0 Å². The largest absolute Gasteiger partial charge is 0.410 e. The van der Waals surface area contributed by atoms with Crippen molar-refractivity contribution in [2.75, 3.05) is 28.2 Å². The Balaban J connectivity index is 2.75. The summed E-state index contributed by atoms with van der Waals surface area (Å²) in [6.07, 6.45) is 0. The molecule has 0 atom stereocenters. The molecule has 0 aromatic heterocycles. The van der Waals surface area contributed by atoms with Gasteiger partial charge in [-0.25, -0.2) is 0 Å². The fourth-order valence-electron chi connectivity index (χ4n) is 1.18. The first-order valence-electron chi connectivity index (χ1n) is 3.63. The van der Waals surface area contributed by atoms with E-state index in [2.05, 4.69) is 12.1 Å². The summed E-state index contributed by atoms with van der Waals surface area (Å²) in [5.41, 5.74) is 3.25. The Bertz CT molecular complexity index is 193. The van der Waals surface area contributed by atoms with E-state index in [1.807, 2.05) is 44.8 Å². The van der Waals surface area contributed by atoms with Gasteiger partial charge in [0.25, 0.3) is 0 Å². The molecule has 0 aromatic rings. The van der Waals surface area contributed by atoms with Gasteiger partial charge in [0.15, 0.2) is 0 Å². The van der Waals surface area contributed by atoms with Gasteiger partial charge >= 0.3 is 0 Å². The summed E-state index contributed by atoms with van der Waals surface area (Å²) in [5.74, 6) is 1.10. The molecule has 0 aliphatic carbocycles. The number of rotatable bonds is 1. The molecule has 1 aliphatic heterocycles. The normalized spacial score (nSPS) is 21.2. The first-order chi connectivity index (χ1) is 4.92. The molecule has 0 radical (unpaired) electrons. The molecule has 4 heteroatoms. The molecule has 0 saturated heterocycles. The highest BCUT2D eigenvalue weighted by atomic mass is 15.8. The van der Waals surface area contributed by atoms with Gasteiger partial charge in [0.05, 0.1) is 14.1 Å². The van der Waals surface area contributed by atoms with Crippen molar-refractivity contribution in [3.05, 3.63) is 6.67 Å². The second kappa shape index (κ2) is 2.30. The van der Waals surface area contributed by atoms with E-state index in [1.54, 1.807) is 0 Å². The number of nitrogens with one attached hydrogen (secondary N) is 1. The smallest absolute Gasteiger partial charge is 0.0813 e. The number of quaternary nitrogens is 1. The Hall–Kier alpha value is -0.900. The minimum Gasteiger partial charge on any atom is -0.410 e. The number of amidine groups is 1. The monoisotopic (exact) mass is 156 g/mol. The molecular weight excluding hydrogens is 140 g/mol. The van der Waals surface area contributed by atoms with Gasteiger partial charge in [-0.3, -0.25) is 10.0 Å². The van der Waals surface area contributed by atoms with E-state index < -0.39 is 0 Å². The Morgan fingerprint density at radius 2 is 2.00 bits per heavy atom. The summed E-state index contributed by atoms with van der Waals surface area (Å²) in [7, 11) is 8.05. The summed E-state index contributed by atoms with van der Waals surface area (Å²) in [5, 5.41) is 1.98. The van der Waals surface area contributed by atoms with E-state index >= 15 is 0 Å². The van der Waals surface area contributed by atoms with Crippen molar-refractivity contribution in [1.29, 1.82) is 0 Å². The Morgan fingerprint density at radius 3 is 2.18 bits per heavy atom. The molecule has 0 fully saturated rings. The van der Waals surface area contributed by atoms with Gasteiger partial charge in [-0.15, -0.1) is 0 Å². The number of nitrogens with zero attached hydrogens (tertiary/aromatic N) is 3. The molecule has 0 bridgehead atoms. The van der Waals surface area contributed by atoms with Crippen molar-refractivity contribution >= 4 is 5.84 Å². The summed E-state index contributed by atoms with van der Waals surface area (Å²) >= 11 is 0. The third-order valence-corrected chi connectivity index (χ3v) is 1.50. The Labute approximate surface area is 68.2 Å². The van der Waals surface area contributed by atoms with E-state index in [4.69, 9.17) is 0 Å². The highest BCUT2D eigenvalue weighted by molar-refractivity contribution is 5.73. The van der Waals surface area contributed by atoms with Crippen molar-refractivity contribution in [3.8, 4) is 0 Å². The van der Waals surface area contributed by atoms with Crippen LogP contribution in [0, 0.1) is 6.67 Å². The molecule has 1 heterocycles. The summed E-state index contributed by atoms with van der Waals surface area (Å²) in [6.45, 7) is 5.26. The van der Waals surface area contributed by atoms with Gasteiger partial charge in [0.1, 0.15) is 0 Å². The summed E-state index contributed by atoms with van der Waals surface area (Å²) in [4.78, 5) is 0. The zero-order valence-electron chi connectivity index (χ0n) is 7.84. The molecule has 1 rings (SSSR count). The highest BCUT2D eigenvalue weighted by Gasteiger charge is 2.15. The zero-order valence-corrected chi connectivity index (χ0v) is 7.84. The van der Waals surface area contributed by atoms with Gasteiger partial charge in [0, 0.05) is 19.9 Å². The third-order valence-electron chi connectivity index (χ3n) is 1.50. The molecule has 64 valence electrons. The predicted octanol–water partition coefficient (Wildman–Crippen LogP) is -0.515. The van der Waals surface area contributed by atoms with Crippen LogP contribution in [0.25, 0.3) is 0 Å². The fraction of sp³-hybridized carbons (Fsp3) is 0.714. The fourth-order valence-corrected chi connectivity index (χ4v) is 1.18. The standard InChI is InChI=1S/C7H16N4/c1-7-8-11(4,5)6-10(7)9(2)3/h8H,1-5H3. The maximum atomic E-state index is 3.25. The molecule has 0 spiro atoms. The quantitative estimate of drug-likeness (QED) is 0.407. The van der Waals surface area contributed by atoms with Crippen molar-refractivity contribution in [2.24, 2.45) is 0 Å². The lowest BCUT2D eigenvalue weighted by atomic mass is 10.7. The molecule has 0 aromatic carbocycles. The first kappa shape index (κ1) is 8.20. The summed E-state index contributed by atoms with van der Waals surface area (Å²) < 4.78 is 2.53. The van der Waals surface area contributed by atoms with Gasteiger partial charge in [-0.1, -0.05) is 6.92 Å². The maximum absolute atomic E-state index is 3.25. The average molecular weight is 156 g/mol. The van der Waals surface area contributed by atoms with Crippen LogP contribution in [0.4, 0.5) is 0 Å². The highest BCUT2D eigenvalue weighted by Crippen LogP contribution is 2.06. The van der Waals surface area contributed by atoms with Gasteiger partial charge in [-0.2, -0.15) is 0 Å². The lowest BCUT2D eigenvalue weighted by Crippen LogP contribution is -2.46. The van der Waals surface area contributed by atoms with Gasteiger partial charge in [-0.05, 0) is 6.67 Å². The van der Waals surface area contributed by atoms with E-state index in [0.717, 1.165) is 5.84 Å². The van der Waals surface area contributed by atoms with Crippen molar-refractivity contribution < 1.29 is 9.28 Å². The van der Waals surface area contributed by atoms with Crippen LogP contribution in [0.2, 0.25) is 0 Å². The van der Waals surface area contributed by atoms with Crippen LogP contribution in [0.15, 0.2) is 0 Å².